The molecule has 2 fully saturated rings. The van der Waals surface area contributed by atoms with Gasteiger partial charge in [-0.05, 0) is 61.2 Å². The molecule has 188 valence electrons. The number of piperidine rings is 1. The van der Waals surface area contributed by atoms with Crippen molar-refractivity contribution in [2.45, 2.75) is 25.2 Å². The van der Waals surface area contributed by atoms with Crippen molar-refractivity contribution in [1.29, 1.82) is 0 Å². The first kappa shape index (κ1) is 24.7. The molecule has 0 radical (unpaired) electrons. The Kier molecular flexibility index (Phi) is 7.68. The summed E-state index contributed by atoms with van der Waals surface area (Å²) in [5, 5.41) is 0. The van der Waals surface area contributed by atoms with Crippen LogP contribution in [0.3, 0.4) is 0 Å². The van der Waals surface area contributed by atoms with Crippen LogP contribution in [0.2, 0.25) is 0 Å². The van der Waals surface area contributed by atoms with Crippen molar-refractivity contribution >= 4 is 11.8 Å². The lowest BCUT2D eigenvalue weighted by atomic mass is 9.87. The maximum Gasteiger partial charge on any atom is 0.253 e. The average Bonchev–Trinajstić information content (AvgIpc) is 3.37. The zero-order chi connectivity index (χ0) is 24.9. The summed E-state index contributed by atoms with van der Waals surface area (Å²) in [6.07, 6.45) is 3.18. The molecule has 0 spiro atoms. The smallest absolute Gasteiger partial charge is 0.253 e. The van der Waals surface area contributed by atoms with Gasteiger partial charge in [-0.15, -0.1) is 0 Å². The normalized spacial score (nSPS) is 19.9. The summed E-state index contributed by atoms with van der Waals surface area (Å²) in [5.41, 5.74) is 1.46. The van der Waals surface area contributed by atoms with Gasteiger partial charge in [0.15, 0.2) is 11.5 Å². The Hall–Kier alpha value is -3.42. The second kappa shape index (κ2) is 10.9. The highest BCUT2D eigenvalue weighted by molar-refractivity contribution is 5.95. The van der Waals surface area contributed by atoms with Crippen LogP contribution in [0.15, 0.2) is 36.4 Å². The Morgan fingerprint density at radius 3 is 1.94 bits per heavy atom. The van der Waals surface area contributed by atoms with Crippen LogP contribution in [0.25, 0.3) is 0 Å². The summed E-state index contributed by atoms with van der Waals surface area (Å²) >= 11 is 0. The SMILES string of the molecule is COc1ccc(C(=O)N2CC(C(=O)N3CCCCC3)C(c3cc(OC)c(OC)c(OC)c3)C2)cc1. The molecular weight excluding hydrogens is 448 g/mol. The molecule has 4 rings (SSSR count). The third-order valence-electron chi connectivity index (χ3n) is 7.04. The quantitative estimate of drug-likeness (QED) is 0.600. The molecule has 2 aliphatic rings. The number of nitrogens with zero attached hydrogens (tertiary/aromatic N) is 2. The molecule has 8 nitrogen and oxygen atoms in total. The standard InChI is InChI=1S/C27H34N2O6/c1-32-20-10-8-18(9-11-20)26(30)29-16-21(22(17-29)27(31)28-12-6-5-7-13-28)19-14-23(33-2)25(35-4)24(15-19)34-3/h8-11,14-15,21-22H,5-7,12-13,16-17H2,1-4H3. The van der Waals surface area contributed by atoms with Crippen LogP contribution in [0, 0.1) is 5.92 Å². The minimum atomic E-state index is -0.349. The van der Waals surface area contributed by atoms with E-state index in [1.807, 2.05) is 17.0 Å². The van der Waals surface area contributed by atoms with E-state index in [-0.39, 0.29) is 23.7 Å². The second-order valence-electron chi connectivity index (χ2n) is 9.00. The summed E-state index contributed by atoms with van der Waals surface area (Å²) in [4.78, 5) is 30.8. The monoisotopic (exact) mass is 482 g/mol. The summed E-state index contributed by atoms with van der Waals surface area (Å²) in [6, 6.07) is 10.9. The highest BCUT2D eigenvalue weighted by Gasteiger charge is 2.43. The van der Waals surface area contributed by atoms with E-state index in [0.717, 1.165) is 37.9 Å². The fourth-order valence-electron chi connectivity index (χ4n) is 5.14. The van der Waals surface area contributed by atoms with Crippen molar-refractivity contribution < 1.29 is 28.5 Å². The summed E-state index contributed by atoms with van der Waals surface area (Å²) in [7, 11) is 6.31. The first-order valence-electron chi connectivity index (χ1n) is 12.0. The minimum absolute atomic E-state index is 0.0981. The van der Waals surface area contributed by atoms with Crippen LogP contribution in [0.1, 0.15) is 41.1 Å². The van der Waals surface area contributed by atoms with Gasteiger partial charge in [0.2, 0.25) is 11.7 Å². The van der Waals surface area contributed by atoms with Crippen LogP contribution in [-0.4, -0.2) is 76.2 Å². The van der Waals surface area contributed by atoms with Gasteiger partial charge in [0, 0.05) is 37.7 Å². The van der Waals surface area contributed by atoms with Crippen molar-refractivity contribution in [2.75, 3.05) is 54.6 Å². The number of ether oxygens (including phenoxy) is 4. The predicted molar refractivity (Wildman–Crippen MR) is 132 cm³/mol. The average molecular weight is 483 g/mol. The molecule has 2 aromatic carbocycles. The molecule has 0 N–H and O–H groups in total. The summed E-state index contributed by atoms with van der Waals surface area (Å²) in [6.45, 7) is 2.32. The second-order valence-corrected chi connectivity index (χ2v) is 9.00. The Bertz CT molecular complexity index is 1020. The fraction of sp³-hybridized carbons (Fsp3) is 0.481. The summed E-state index contributed by atoms with van der Waals surface area (Å²) in [5.74, 6) is 1.72. The van der Waals surface area contributed by atoms with Crippen LogP contribution < -0.4 is 18.9 Å². The van der Waals surface area contributed by atoms with Gasteiger partial charge in [0.1, 0.15) is 5.75 Å². The molecule has 0 bridgehead atoms. The molecule has 8 heteroatoms. The van der Waals surface area contributed by atoms with Crippen LogP contribution >= 0.6 is 0 Å². The number of carbonyl (C=O) groups is 2. The number of rotatable bonds is 7. The Labute approximate surface area is 206 Å². The topological polar surface area (TPSA) is 77.5 Å². The number of hydrogen-bond donors (Lipinski definition) is 0. The van der Waals surface area contributed by atoms with E-state index < -0.39 is 0 Å². The van der Waals surface area contributed by atoms with Gasteiger partial charge in [-0.3, -0.25) is 9.59 Å². The zero-order valence-corrected chi connectivity index (χ0v) is 20.9. The van der Waals surface area contributed by atoms with Crippen molar-refractivity contribution in [1.82, 2.24) is 9.80 Å². The maximum absolute atomic E-state index is 13.7. The number of methoxy groups -OCH3 is 4. The zero-order valence-electron chi connectivity index (χ0n) is 20.9. The molecule has 2 aromatic rings. The van der Waals surface area contributed by atoms with E-state index in [2.05, 4.69) is 0 Å². The lowest BCUT2D eigenvalue weighted by Gasteiger charge is -2.31. The molecule has 0 aliphatic carbocycles. The van der Waals surface area contributed by atoms with Gasteiger partial charge in [-0.25, -0.2) is 0 Å². The van der Waals surface area contributed by atoms with Gasteiger partial charge >= 0.3 is 0 Å². The molecule has 2 atom stereocenters. The fourth-order valence-corrected chi connectivity index (χ4v) is 5.14. The largest absolute Gasteiger partial charge is 0.497 e. The lowest BCUT2D eigenvalue weighted by Crippen LogP contribution is -2.42. The molecule has 0 saturated carbocycles. The maximum atomic E-state index is 13.7. The van der Waals surface area contributed by atoms with Crippen LogP contribution in [-0.2, 0) is 4.79 Å². The first-order chi connectivity index (χ1) is 17.0. The van der Waals surface area contributed by atoms with E-state index in [1.54, 1.807) is 57.6 Å². The van der Waals surface area contributed by atoms with Gasteiger partial charge in [-0.2, -0.15) is 0 Å². The molecule has 2 heterocycles. The van der Waals surface area contributed by atoms with E-state index in [1.165, 1.54) is 0 Å². The van der Waals surface area contributed by atoms with Gasteiger partial charge in [0.05, 0.1) is 34.4 Å². The van der Waals surface area contributed by atoms with Crippen molar-refractivity contribution in [3.05, 3.63) is 47.5 Å². The molecule has 2 aliphatic heterocycles. The number of carbonyl (C=O) groups excluding carboxylic acids is 2. The molecule has 35 heavy (non-hydrogen) atoms. The Morgan fingerprint density at radius 1 is 0.771 bits per heavy atom. The van der Waals surface area contributed by atoms with Gasteiger partial charge in [-0.1, -0.05) is 0 Å². The number of likely N-dealkylation sites (tertiary alicyclic amines) is 2. The molecule has 2 unspecified atom stereocenters. The Morgan fingerprint density at radius 2 is 1.40 bits per heavy atom. The van der Waals surface area contributed by atoms with Crippen molar-refractivity contribution in [3.63, 3.8) is 0 Å². The predicted octanol–water partition coefficient (Wildman–Crippen LogP) is 3.59. The van der Waals surface area contributed by atoms with Crippen molar-refractivity contribution in [2.24, 2.45) is 5.92 Å². The molecular formula is C27H34N2O6. The highest BCUT2D eigenvalue weighted by atomic mass is 16.5. The van der Waals surface area contributed by atoms with E-state index in [9.17, 15) is 9.59 Å². The molecule has 2 amide bonds. The third-order valence-corrected chi connectivity index (χ3v) is 7.04. The van der Waals surface area contributed by atoms with Gasteiger partial charge < -0.3 is 28.7 Å². The Balaban J connectivity index is 1.68. The highest BCUT2D eigenvalue weighted by Crippen LogP contribution is 2.44. The van der Waals surface area contributed by atoms with Crippen LogP contribution in [0.5, 0.6) is 23.0 Å². The lowest BCUT2D eigenvalue weighted by molar-refractivity contribution is -0.136. The number of benzene rings is 2. The molecule has 2 saturated heterocycles. The number of amides is 2. The van der Waals surface area contributed by atoms with Crippen LogP contribution in [0.4, 0.5) is 0 Å². The van der Waals surface area contributed by atoms with E-state index in [4.69, 9.17) is 18.9 Å². The van der Waals surface area contributed by atoms with E-state index in [0.29, 0.717) is 41.7 Å². The van der Waals surface area contributed by atoms with Gasteiger partial charge in [0.25, 0.3) is 5.91 Å². The summed E-state index contributed by atoms with van der Waals surface area (Å²) < 4.78 is 21.8. The van der Waals surface area contributed by atoms with Crippen molar-refractivity contribution in [3.8, 4) is 23.0 Å². The first-order valence-corrected chi connectivity index (χ1v) is 12.0. The van der Waals surface area contributed by atoms with E-state index >= 15 is 0 Å². The molecule has 0 aromatic heterocycles. The minimum Gasteiger partial charge on any atom is -0.497 e. The third kappa shape index (κ3) is 5.01. The number of hydrogen-bond acceptors (Lipinski definition) is 6.